The van der Waals surface area contributed by atoms with Crippen molar-refractivity contribution in [1.82, 2.24) is 15.2 Å². The van der Waals surface area contributed by atoms with Crippen molar-refractivity contribution in [2.24, 2.45) is 5.92 Å². The number of rotatable bonds is 8. The molecule has 2 heterocycles. The summed E-state index contributed by atoms with van der Waals surface area (Å²) in [4.78, 5) is 6.59. The standard InChI is InChI=1S/C18H31N3O2/c1-14(2)18(15-5-4-8-19-11-15)20-16-6-9-21(10-7-16)12-17(22)13-23-3/h4-5,8,11,14,16-18,20,22H,6-7,9-10,12-13H2,1-3H3. The first-order valence-electron chi connectivity index (χ1n) is 8.65. The summed E-state index contributed by atoms with van der Waals surface area (Å²) in [5.41, 5.74) is 1.26. The van der Waals surface area contributed by atoms with E-state index in [-0.39, 0.29) is 6.10 Å². The SMILES string of the molecule is COCC(O)CN1CCC(NC(c2cccnc2)C(C)C)CC1. The number of nitrogens with one attached hydrogen (secondary N) is 1. The van der Waals surface area contributed by atoms with Crippen LogP contribution in [-0.2, 0) is 4.74 Å². The number of aromatic nitrogens is 1. The van der Waals surface area contributed by atoms with Gasteiger partial charge in [-0.1, -0.05) is 19.9 Å². The minimum absolute atomic E-state index is 0.347. The molecule has 5 heteroatoms. The second-order valence-electron chi connectivity index (χ2n) is 6.86. The molecule has 0 bridgehead atoms. The lowest BCUT2D eigenvalue weighted by Crippen LogP contribution is -2.46. The third-order valence-corrected chi connectivity index (χ3v) is 4.54. The molecule has 1 aliphatic rings. The highest BCUT2D eigenvalue weighted by Gasteiger charge is 2.25. The van der Waals surface area contributed by atoms with Gasteiger partial charge >= 0.3 is 0 Å². The van der Waals surface area contributed by atoms with Crippen molar-refractivity contribution in [3.63, 3.8) is 0 Å². The summed E-state index contributed by atoms with van der Waals surface area (Å²) in [5.74, 6) is 0.528. The van der Waals surface area contributed by atoms with Crippen LogP contribution < -0.4 is 5.32 Å². The number of hydrogen-bond donors (Lipinski definition) is 2. The largest absolute Gasteiger partial charge is 0.389 e. The van der Waals surface area contributed by atoms with E-state index in [1.54, 1.807) is 7.11 Å². The molecular formula is C18H31N3O2. The second kappa shape index (κ2) is 9.33. The van der Waals surface area contributed by atoms with Gasteiger partial charge in [-0.15, -0.1) is 0 Å². The van der Waals surface area contributed by atoms with Gasteiger partial charge in [-0.3, -0.25) is 4.98 Å². The van der Waals surface area contributed by atoms with Crippen LogP contribution in [0.1, 0.15) is 38.3 Å². The van der Waals surface area contributed by atoms with E-state index >= 15 is 0 Å². The third kappa shape index (κ3) is 5.84. The summed E-state index contributed by atoms with van der Waals surface area (Å²) in [6.07, 6.45) is 5.63. The van der Waals surface area contributed by atoms with Gasteiger partial charge < -0.3 is 20.1 Å². The number of nitrogens with zero attached hydrogens (tertiary/aromatic N) is 2. The van der Waals surface area contributed by atoms with E-state index in [4.69, 9.17) is 4.74 Å². The molecule has 2 rings (SSSR count). The number of likely N-dealkylation sites (tertiary alicyclic amines) is 1. The van der Waals surface area contributed by atoms with E-state index < -0.39 is 0 Å². The molecule has 2 unspecified atom stereocenters. The van der Waals surface area contributed by atoms with Gasteiger partial charge in [0.25, 0.3) is 0 Å². The molecule has 1 aromatic rings. The van der Waals surface area contributed by atoms with Crippen LogP contribution in [0.5, 0.6) is 0 Å². The van der Waals surface area contributed by atoms with Crippen LogP contribution in [0.4, 0.5) is 0 Å². The van der Waals surface area contributed by atoms with Gasteiger partial charge in [-0.05, 0) is 43.5 Å². The molecule has 1 fully saturated rings. The van der Waals surface area contributed by atoms with E-state index in [1.807, 2.05) is 18.5 Å². The Morgan fingerprint density at radius 3 is 2.70 bits per heavy atom. The van der Waals surface area contributed by atoms with Crippen molar-refractivity contribution in [3.05, 3.63) is 30.1 Å². The maximum Gasteiger partial charge on any atom is 0.0900 e. The zero-order chi connectivity index (χ0) is 16.7. The molecule has 0 aromatic carbocycles. The first-order valence-corrected chi connectivity index (χ1v) is 8.65. The molecular weight excluding hydrogens is 290 g/mol. The van der Waals surface area contributed by atoms with Crippen LogP contribution in [0, 0.1) is 5.92 Å². The summed E-state index contributed by atoms with van der Waals surface area (Å²) in [5, 5.41) is 13.7. The number of aliphatic hydroxyl groups excluding tert-OH is 1. The normalized spacial score (nSPS) is 19.9. The minimum Gasteiger partial charge on any atom is -0.389 e. The van der Waals surface area contributed by atoms with E-state index in [9.17, 15) is 5.11 Å². The molecule has 5 nitrogen and oxygen atoms in total. The molecule has 1 saturated heterocycles. The summed E-state index contributed by atoms with van der Waals surface area (Å²) < 4.78 is 5.00. The molecule has 2 atom stereocenters. The first kappa shape index (κ1) is 18.3. The van der Waals surface area contributed by atoms with Crippen molar-refractivity contribution in [2.75, 3.05) is 33.4 Å². The third-order valence-electron chi connectivity index (χ3n) is 4.54. The van der Waals surface area contributed by atoms with Gasteiger partial charge in [0.05, 0.1) is 12.7 Å². The average molecular weight is 321 g/mol. The van der Waals surface area contributed by atoms with Crippen LogP contribution in [0.15, 0.2) is 24.5 Å². The molecule has 130 valence electrons. The van der Waals surface area contributed by atoms with Crippen molar-refractivity contribution >= 4 is 0 Å². The molecule has 2 N–H and O–H groups in total. The van der Waals surface area contributed by atoms with Crippen LogP contribution in [0.3, 0.4) is 0 Å². The van der Waals surface area contributed by atoms with Gasteiger partial charge in [-0.25, -0.2) is 0 Å². The Balaban J connectivity index is 1.82. The second-order valence-corrected chi connectivity index (χ2v) is 6.86. The van der Waals surface area contributed by atoms with E-state index in [0.29, 0.717) is 31.2 Å². The highest BCUT2D eigenvalue weighted by molar-refractivity contribution is 5.14. The Bertz CT molecular complexity index is 433. The molecule has 23 heavy (non-hydrogen) atoms. The van der Waals surface area contributed by atoms with E-state index in [2.05, 4.69) is 35.1 Å². The van der Waals surface area contributed by atoms with Gasteiger partial charge in [0.1, 0.15) is 0 Å². The molecule has 1 aliphatic heterocycles. The summed E-state index contributed by atoms with van der Waals surface area (Å²) >= 11 is 0. The van der Waals surface area contributed by atoms with Crippen LogP contribution >= 0.6 is 0 Å². The fraction of sp³-hybridized carbons (Fsp3) is 0.722. The maximum atomic E-state index is 9.84. The lowest BCUT2D eigenvalue weighted by Gasteiger charge is -2.36. The highest BCUT2D eigenvalue weighted by Crippen LogP contribution is 2.23. The summed E-state index contributed by atoms with van der Waals surface area (Å²) in [7, 11) is 1.63. The molecule has 1 aromatic heterocycles. The van der Waals surface area contributed by atoms with Crippen LogP contribution in [0.2, 0.25) is 0 Å². The molecule has 0 amide bonds. The number of pyridine rings is 1. The first-order chi connectivity index (χ1) is 11.1. The number of aliphatic hydroxyl groups is 1. The number of ether oxygens (including phenoxy) is 1. The Kier molecular flexibility index (Phi) is 7.43. The Labute approximate surface area is 140 Å². The predicted octanol–water partition coefficient (Wildman–Crippen LogP) is 1.84. The molecule has 0 radical (unpaired) electrons. The fourth-order valence-corrected chi connectivity index (χ4v) is 3.31. The predicted molar refractivity (Wildman–Crippen MR) is 92.3 cm³/mol. The molecule has 0 spiro atoms. The Hall–Kier alpha value is -1.01. The maximum absolute atomic E-state index is 9.84. The number of β-amino-alcohol motifs (C(OH)–C–C–N with tert-alkyl or cyclic N) is 1. The number of piperidine rings is 1. The number of methoxy groups -OCH3 is 1. The van der Waals surface area contributed by atoms with E-state index in [1.165, 1.54) is 5.56 Å². The van der Waals surface area contributed by atoms with Crippen molar-refractivity contribution in [1.29, 1.82) is 0 Å². The fourth-order valence-electron chi connectivity index (χ4n) is 3.31. The molecule has 0 aliphatic carbocycles. The van der Waals surface area contributed by atoms with Gasteiger partial charge in [-0.2, -0.15) is 0 Å². The van der Waals surface area contributed by atoms with Crippen molar-refractivity contribution < 1.29 is 9.84 Å². The Morgan fingerprint density at radius 2 is 2.13 bits per heavy atom. The van der Waals surface area contributed by atoms with Gasteiger partial charge in [0, 0.05) is 38.1 Å². The van der Waals surface area contributed by atoms with E-state index in [0.717, 1.165) is 25.9 Å². The smallest absolute Gasteiger partial charge is 0.0900 e. The van der Waals surface area contributed by atoms with Crippen LogP contribution in [-0.4, -0.2) is 60.5 Å². The lowest BCUT2D eigenvalue weighted by atomic mass is 9.94. The van der Waals surface area contributed by atoms with Crippen molar-refractivity contribution in [2.45, 2.75) is 44.9 Å². The van der Waals surface area contributed by atoms with Crippen LogP contribution in [0.25, 0.3) is 0 Å². The summed E-state index contributed by atoms with van der Waals surface area (Å²) in [6.45, 7) is 7.67. The quantitative estimate of drug-likeness (QED) is 0.765. The minimum atomic E-state index is -0.386. The zero-order valence-electron chi connectivity index (χ0n) is 14.6. The monoisotopic (exact) mass is 321 g/mol. The topological polar surface area (TPSA) is 57.6 Å². The highest BCUT2D eigenvalue weighted by atomic mass is 16.5. The van der Waals surface area contributed by atoms with Crippen molar-refractivity contribution in [3.8, 4) is 0 Å². The van der Waals surface area contributed by atoms with Gasteiger partial charge in [0.15, 0.2) is 0 Å². The Morgan fingerprint density at radius 1 is 1.39 bits per heavy atom. The van der Waals surface area contributed by atoms with Gasteiger partial charge in [0.2, 0.25) is 0 Å². The zero-order valence-corrected chi connectivity index (χ0v) is 14.6. The lowest BCUT2D eigenvalue weighted by molar-refractivity contribution is 0.0305. The number of hydrogen-bond acceptors (Lipinski definition) is 5. The molecule has 0 saturated carbocycles. The average Bonchev–Trinajstić information content (AvgIpc) is 2.55. The summed E-state index contributed by atoms with van der Waals surface area (Å²) in [6, 6.07) is 5.03.